The maximum absolute atomic E-state index is 13.5. The van der Waals surface area contributed by atoms with E-state index in [1.807, 2.05) is 0 Å². The van der Waals surface area contributed by atoms with Gasteiger partial charge in [-0.25, -0.2) is 4.39 Å². The van der Waals surface area contributed by atoms with E-state index in [2.05, 4.69) is 4.90 Å². The average molecular weight is 440 g/mol. The second-order valence-electron chi connectivity index (χ2n) is 8.10. The van der Waals surface area contributed by atoms with Crippen LogP contribution < -0.4 is 4.90 Å². The Bertz CT molecular complexity index is 1030. The summed E-state index contributed by atoms with van der Waals surface area (Å²) in [5, 5.41) is 11.3. The number of piperazine rings is 1. The Labute approximate surface area is 185 Å². The molecule has 0 aromatic heterocycles. The summed E-state index contributed by atoms with van der Waals surface area (Å²) in [5.41, 5.74) is 1.20. The summed E-state index contributed by atoms with van der Waals surface area (Å²) in [6.07, 6.45) is 3.17. The topological polar surface area (TPSA) is 87.0 Å². The highest BCUT2D eigenvalue weighted by Gasteiger charge is 2.29. The predicted octanol–water partition coefficient (Wildman–Crippen LogP) is 3.32. The number of carbonyl (C=O) groups is 2. The van der Waals surface area contributed by atoms with Crippen LogP contribution in [0.4, 0.5) is 15.8 Å². The van der Waals surface area contributed by atoms with E-state index in [9.17, 15) is 24.1 Å². The zero-order valence-corrected chi connectivity index (χ0v) is 17.7. The van der Waals surface area contributed by atoms with Crippen molar-refractivity contribution >= 4 is 23.2 Å². The molecule has 0 radical (unpaired) electrons. The van der Waals surface area contributed by atoms with E-state index in [4.69, 9.17) is 0 Å². The van der Waals surface area contributed by atoms with E-state index in [-0.39, 0.29) is 23.1 Å². The standard InChI is InChI=1S/C23H25FN4O4/c24-18-6-4-5-17(15-18)22(29)26-11-13-27(14-12-26)23(30)20-16-19(28(31)32)7-8-21(20)25-9-2-1-3-10-25/h4-8,15-16H,1-3,9-14H2. The van der Waals surface area contributed by atoms with Crippen molar-refractivity contribution in [1.29, 1.82) is 0 Å². The second-order valence-corrected chi connectivity index (χ2v) is 8.10. The van der Waals surface area contributed by atoms with E-state index >= 15 is 0 Å². The van der Waals surface area contributed by atoms with Crippen LogP contribution in [0.1, 0.15) is 40.0 Å². The maximum Gasteiger partial charge on any atom is 0.270 e. The fourth-order valence-corrected chi connectivity index (χ4v) is 4.31. The fraction of sp³-hybridized carbons (Fsp3) is 0.391. The van der Waals surface area contributed by atoms with Crippen LogP contribution in [0.5, 0.6) is 0 Å². The van der Waals surface area contributed by atoms with E-state index in [1.54, 1.807) is 21.9 Å². The molecule has 2 saturated heterocycles. The molecule has 8 nitrogen and oxygen atoms in total. The molecule has 2 heterocycles. The van der Waals surface area contributed by atoms with Crippen LogP contribution >= 0.6 is 0 Å². The first-order chi connectivity index (χ1) is 15.4. The van der Waals surface area contributed by atoms with Crippen LogP contribution in [0.2, 0.25) is 0 Å². The molecule has 2 fully saturated rings. The normalized spacial score (nSPS) is 16.7. The smallest absolute Gasteiger partial charge is 0.270 e. The SMILES string of the molecule is O=C(c1cccc(F)c1)N1CCN(C(=O)c2cc([N+](=O)[O-])ccc2N2CCCCC2)CC1. The van der Waals surface area contributed by atoms with Crippen molar-refractivity contribution in [2.45, 2.75) is 19.3 Å². The number of nitro benzene ring substituents is 1. The van der Waals surface area contributed by atoms with Gasteiger partial charge in [0.1, 0.15) is 5.82 Å². The van der Waals surface area contributed by atoms with Gasteiger partial charge in [0.25, 0.3) is 17.5 Å². The summed E-state index contributed by atoms with van der Waals surface area (Å²) in [6, 6.07) is 10.0. The molecular weight excluding hydrogens is 415 g/mol. The van der Waals surface area contributed by atoms with Gasteiger partial charge < -0.3 is 14.7 Å². The molecule has 4 rings (SSSR count). The summed E-state index contributed by atoms with van der Waals surface area (Å²) < 4.78 is 13.5. The van der Waals surface area contributed by atoms with E-state index in [1.165, 1.54) is 30.3 Å². The highest BCUT2D eigenvalue weighted by atomic mass is 19.1. The molecule has 2 amide bonds. The third-order valence-electron chi connectivity index (χ3n) is 6.04. The lowest BCUT2D eigenvalue weighted by Crippen LogP contribution is -2.50. The van der Waals surface area contributed by atoms with Gasteiger partial charge in [-0.1, -0.05) is 6.07 Å². The van der Waals surface area contributed by atoms with Gasteiger partial charge in [-0.15, -0.1) is 0 Å². The minimum absolute atomic E-state index is 0.117. The van der Waals surface area contributed by atoms with Crippen LogP contribution in [0.15, 0.2) is 42.5 Å². The highest BCUT2D eigenvalue weighted by Crippen LogP contribution is 2.29. The first kappa shape index (κ1) is 21.7. The third-order valence-corrected chi connectivity index (χ3v) is 6.04. The number of benzene rings is 2. The molecule has 0 bridgehead atoms. The number of nitro groups is 1. The van der Waals surface area contributed by atoms with Crippen molar-refractivity contribution in [3.05, 3.63) is 69.5 Å². The monoisotopic (exact) mass is 440 g/mol. The Morgan fingerprint density at radius 1 is 0.844 bits per heavy atom. The number of piperidine rings is 1. The van der Waals surface area contributed by atoms with Crippen LogP contribution in [-0.2, 0) is 0 Å². The number of rotatable bonds is 4. The van der Waals surface area contributed by atoms with Gasteiger partial charge in [0, 0.05) is 57.0 Å². The van der Waals surface area contributed by atoms with Gasteiger partial charge in [0.05, 0.1) is 16.2 Å². The van der Waals surface area contributed by atoms with Gasteiger partial charge >= 0.3 is 0 Å². The highest BCUT2D eigenvalue weighted by molar-refractivity contribution is 6.01. The van der Waals surface area contributed by atoms with Crippen molar-refractivity contribution in [3.8, 4) is 0 Å². The number of hydrogen-bond donors (Lipinski definition) is 0. The number of carbonyl (C=O) groups excluding carboxylic acids is 2. The number of anilines is 1. The van der Waals surface area contributed by atoms with Crippen LogP contribution in [0, 0.1) is 15.9 Å². The molecule has 2 aliphatic heterocycles. The lowest BCUT2D eigenvalue weighted by Gasteiger charge is -2.36. The molecule has 0 saturated carbocycles. The summed E-state index contributed by atoms with van der Waals surface area (Å²) in [5.74, 6) is -1.02. The molecule has 0 atom stereocenters. The van der Waals surface area contributed by atoms with Crippen LogP contribution in [0.25, 0.3) is 0 Å². The minimum atomic E-state index is -0.494. The third kappa shape index (κ3) is 4.56. The number of hydrogen-bond acceptors (Lipinski definition) is 5. The molecule has 168 valence electrons. The van der Waals surface area contributed by atoms with Crippen molar-refractivity contribution in [3.63, 3.8) is 0 Å². The lowest BCUT2D eigenvalue weighted by molar-refractivity contribution is -0.384. The summed E-state index contributed by atoms with van der Waals surface area (Å²) in [6.45, 7) is 2.87. The minimum Gasteiger partial charge on any atom is -0.371 e. The lowest BCUT2D eigenvalue weighted by atomic mass is 10.0. The van der Waals surface area contributed by atoms with E-state index in [0.29, 0.717) is 31.7 Å². The first-order valence-electron chi connectivity index (χ1n) is 10.8. The van der Waals surface area contributed by atoms with Gasteiger partial charge in [-0.3, -0.25) is 19.7 Å². The summed E-state index contributed by atoms with van der Waals surface area (Å²) >= 11 is 0. The summed E-state index contributed by atoms with van der Waals surface area (Å²) in [4.78, 5) is 42.2. The van der Waals surface area contributed by atoms with E-state index in [0.717, 1.165) is 38.0 Å². The zero-order valence-electron chi connectivity index (χ0n) is 17.7. The van der Waals surface area contributed by atoms with E-state index < -0.39 is 10.7 Å². The zero-order chi connectivity index (χ0) is 22.7. The largest absolute Gasteiger partial charge is 0.371 e. The van der Waals surface area contributed by atoms with Crippen molar-refractivity contribution < 1.29 is 18.9 Å². The van der Waals surface area contributed by atoms with Crippen molar-refractivity contribution in [2.75, 3.05) is 44.2 Å². The van der Waals surface area contributed by atoms with Gasteiger partial charge in [-0.05, 0) is 43.5 Å². The molecule has 2 aliphatic rings. The molecular formula is C23H25FN4O4. The molecule has 32 heavy (non-hydrogen) atoms. The van der Waals surface area contributed by atoms with Gasteiger partial charge in [0.2, 0.25) is 0 Å². The Morgan fingerprint density at radius 3 is 2.12 bits per heavy atom. The Hall–Kier alpha value is -3.49. The van der Waals surface area contributed by atoms with Crippen molar-refractivity contribution in [1.82, 2.24) is 9.80 Å². The Balaban J connectivity index is 1.50. The Morgan fingerprint density at radius 2 is 1.50 bits per heavy atom. The first-order valence-corrected chi connectivity index (χ1v) is 10.8. The Kier molecular flexibility index (Phi) is 6.34. The predicted molar refractivity (Wildman–Crippen MR) is 117 cm³/mol. The van der Waals surface area contributed by atoms with Crippen molar-refractivity contribution in [2.24, 2.45) is 0 Å². The van der Waals surface area contributed by atoms with Gasteiger partial charge in [-0.2, -0.15) is 0 Å². The average Bonchev–Trinajstić information content (AvgIpc) is 2.83. The molecule has 0 spiro atoms. The number of amides is 2. The molecule has 2 aromatic carbocycles. The number of halogens is 1. The fourth-order valence-electron chi connectivity index (χ4n) is 4.31. The molecule has 0 aliphatic carbocycles. The number of nitrogens with zero attached hydrogens (tertiary/aromatic N) is 4. The van der Waals surface area contributed by atoms with Crippen LogP contribution in [-0.4, -0.2) is 65.8 Å². The summed E-state index contributed by atoms with van der Waals surface area (Å²) in [7, 11) is 0. The van der Waals surface area contributed by atoms with Gasteiger partial charge in [0.15, 0.2) is 0 Å². The molecule has 0 unspecified atom stereocenters. The molecule has 2 aromatic rings. The second kappa shape index (κ2) is 9.33. The molecule has 9 heteroatoms. The molecule has 0 N–H and O–H groups in total. The quantitative estimate of drug-likeness (QED) is 0.538. The maximum atomic E-state index is 13.5. The number of non-ortho nitro benzene ring substituents is 1. The van der Waals surface area contributed by atoms with Crippen LogP contribution in [0.3, 0.4) is 0 Å².